The van der Waals surface area contributed by atoms with Crippen molar-refractivity contribution < 1.29 is 14.3 Å². The van der Waals surface area contributed by atoms with Crippen LogP contribution in [-0.2, 0) is 11.3 Å². The standard InChI is InChI=1S/C35H49FN4O2/c1-3-40(26(2)37-22-27-11-6-4-7-12-27)32-17-19-38(20-18-32)23-30-24-39(25-33(30)29-15-10-16-31(36)21-29)34(35(41)42)28-13-8-5-9-14-28/h4,6-7,10-12,15-16,21,28,30,32-34,37H,2-3,5,8-9,13-14,17-20,22-25H2,1H3,(H,41,42)/t30-,33+,34+/m0/s1. The minimum Gasteiger partial charge on any atom is -0.480 e. The highest BCUT2D eigenvalue weighted by molar-refractivity contribution is 5.74. The van der Waals surface area contributed by atoms with Crippen LogP contribution in [0.1, 0.15) is 68.9 Å². The van der Waals surface area contributed by atoms with Crippen LogP contribution in [0.2, 0.25) is 0 Å². The molecule has 5 rings (SSSR count). The highest BCUT2D eigenvalue weighted by Crippen LogP contribution is 2.39. The summed E-state index contributed by atoms with van der Waals surface area (Å²) < 4.78 is 14.3. The zero-order valence-electron chi connectivity index (χ0n) is 25.3. The summed E-state index contributed by atoms with van der Waals surface area (Å²) in [7, 11) is 0. The summed E-state index contributed by atoms with van der Waals surface area (Å²) in [4.78, 5) is 19.8. The Hall–Kier alpha value is -2.90. The molecule has 6 nitrogen and oxygen atoms in total. The highest BCUT2D eigenvalue weighted by Gasteiger charge is 2.43. The zero-order chi connectivity index (χ0) is 29.5. The number of carboxylic acid groups (broad SMARTS) is 1. The number of carboxylic acids is 1. The third kappa shape index (κ3) is 7.54. The molecule has 2 N–H and O–H groups in total. The summed E-state index contributed by atoms with van der Waals surface area (Å²) in [6.45, 7) is 12.6. The molecule has 7 heteroatoms. The van der Waals surface area contributed by atoms with Crippen LogP contribution < -0.4 is 5.32 Å². The largest absolute Gasteiger partial charge is 0.480 e. The molecular weight excluding hydrogens is 527 g/mol. The topological polar surface area (TPSA) is 59.0 Å². The molecule has 0 unspecified atom stereocenters. The molecular formula is C35H49FN4O2. The normalized spacial score (nSPS) is 23.5. The number of halogens is 1. The predicted molar refractivity (Wildman–Crippen MR) is 166 cm³/mol. The molecule has 2 saturated heterocycles. The minimum atomic E-state index is -0.692. The van der Waals surface area contributed by atoms with E-state index >= 15 is 0 Å². The molecule has 3 fully saturated rings. The minimum absolute atomic E-state index is 0.137. The Morgan fingerprint density at radius 2 is 1.79 bits per heavy atom. The molecule has 0 bridgehead atoms. The molecule has 2 aliphatic heterocycles. The van der Waals surface area contributed by atoms with Crippen molar-refractivity contribution in [3.63, 3.8) is 0 Å². The molecule has 1 aliphatic carbocycles. The number of likely N-dealkylation sites (tertiary alicyclic amines) is 2. The van der Waals surface area contributed by atoms with Crippen LogP contribution in [0.25, 0.3) is 0 Å². The maximum atomic E-state index is 14.3. The van der Waals surface area contributed by atoms with E-state index < -0.39 is 12.0 Å². The van der Waals surface area contributed by atoms with E-state index in [9.17, 15) is 14.3 Å². The first-order chi connectivity index (χ1) is 20.4. The molecule has 0 aromatic heterocycles. The Kier molecular flexibility index (Phi) is 10.6. The molecule has 0 spiro atoms. The average Bonchev–Trinajstić information content (AvgIpc) is 3.41. The van der Waals surface area contributed by atoms with Crippen molar-refractivity contribution in [1.29, 1.82) is 0 Å². The van der Waals surface area contributed by atoms with Crippen LogP contribution >= 0.6 is 0 Å². The van der Waals surface area contributed by atoms with Crippen LogP contribution in [-0.4, -0.2) is 77.1 Å². The molecule has 42 heavy (non-hydrogen) atoms. The summed E-state index contributed by atoms with van der Waals surface area (Å²) in [5, 5.41) is 13.8. The zero-order valence-corrected chi connectivity index (χ0v) is 25.3. The number of piperidine rings is 1. The van der Waals surface area contributed by atoms with Crippen LogP contribution in [0.4, 0.5) is 4.39 Å². The predicted octanol–water partition coefficient (Wildman–Crippen LogP) is 5.92. The van der Waals surface area contributed by atoms with Crippen LogP contribution in [0.5, 0.6) is 0 Å². The van der Waals surface area contributed by atoms with Gasteiger partial charge in [-0.3, -0.25) is 9.69 Å². The maximum absolute atomic E-state index is 14.3. The molecule has 228 valence electrons. The second-order valence-corrected chi connectivity index (χ2v) is 12.7. The maximum Gasteiger partial charge on any atom is 0.321 e. The summed E-state index contributed by atoms with van der Waals surface area (Å²) in [5.41, 5.74) is 2.25. The first kappa shape index (κ1) is 30.6. The number of carbonyl (C=O) groups is 1. The molecule has 2 aromatic carbocycles. The fourth-order valence-corrected chi connectivity index (χ4v) is 7.85. The van der Waals surface area contributed by atoms with Crippen molar-refractivity contribution in [3.8, 4) is 0 Å². The molecule has 2 heterocycles. The van der Waals surface area contributed by atoms with Gasteiger partial charge in [-0.05, 0) is 67.7 Å². The van der Waals surface area contributed by atoms with Gasteiger partial charge in [-0.25, -0.2) is 4.39 Å². The Bertz CT molecular complexity index is 1160. The third-order valence-corrected chi connectivity index (χ3v) is 10.0. The lowest BCUT2D eigenvalue weighted by Gasteiger charge is -2.41. The number of hydrogen-bond acceptors (Lipinski definition) is 5. The van der Waals surface area contributed by atoms with Crippen LogP contribution in [0.3, 0.4) is 0 Å². The Morgan fingerprint density at radius 1 is 1.05 bits per heavy atom. The van der Waals surface area contributed by atoms with Crippen molar-refractivity contribution >= 4 is 5.97 Å². The molecule has 2 aromatic rings. The van der Waals surface area contributed by atoms with Gasteiger partial charge in [-0.2, -0.15) is 0 Å². The van der Waals surface area contributed by atoms with E-state index in [1.165, 1.54) is 18.1 Å². The number of rotatable bonds is 12. The van der Waals surface area contributed by atoms with Gasteiger partial charge in [0.15, 0.2) is 0 Å². The van der Waals surface area contributed by atoms with E-state index in [1.807, 2.05) is 12.1 Å². The second kappa shape index (κ2) is 14.5. The first-order valence-corrected chi connectivity index (χ1v) is 16.1. The quantitative estimate of drug-likeness (QED) is 0.327. The SMILES string of the molecule is C=C(NCc1ccccc1)N(CC)C1CCN(C[C@H]2CN([C@@H](C(=O)O)C3CCCCC3)C[C@@H]2c2cccc(F)c2)CC1. The molecule has 1 saturated carbocycles. The van der Waals surface area contributed by atoms with Crippen molar-refractivity contribution in [2.24, 2.45) is 11.8 Å². The third-order valence-electron chi connectivity index (χ3n) is 10.0. The summed E-state index contributed by atoms with van der Waals surface area (Å²) in [6.07, 6.45) is 7.58. The first-order valence-electron chi connectivity index (χ1n) is 16.1. The van der Waals surface area contributed by atoms with E-state index in [4.69, 9.17) is 0 Å². The second-order valence-electron chi connectivity index (χ2n) is 12.7. The van der Waals surface area contributed by atoms with E-state index in [-0.39, 0.29) is 23.6 Å². The van der Waals surface area contributed by atoms with Gasteiger partial charge in [-0.1, -0.05) is 68.3 Å². The number of benzene rings is 2. The van der Waals surface area contributed by atoms with Crippen molar-refractivity contribution in [2.75, 3.05) is 39.3 Å². The smallest absolute Gasteiger partial charge is 0.321 e. The average molecular weight is 577 g/mol. The van der Waals surface area contributed by atoms with Gasteiger partial charge in [0, 0.05) is 57.8 Å². The van der Waals surface area contributed by atoms with E-state index in [1.54, 1.807) is 12.1 Å². The number of nitrogens with one attached hydrogen (secondary N) is 1. The van der Waals surface area contributed by atoms with Crippen LogP contribution in [0.15, 0.2) is 67.0 Å². The Morgan fingerprint density at radius 3 is 2.45 bits per heavy atom. The fourth-order valence-electron chi connectivity index (χ4n) is 7.85. The highest BCUT2D eigenvalue weighted by atomic mass is 19.1. The monoisotopic (exact) mass is 576 g/mol. The van der Waals surface area contributed by atoms with E-state index in [0.717, 1.165) is 89.2 Å². The van der Waals surface area contributed by atoms with Gasteiger partial charge in [0.05, 0.1) is 5.82 Å². The Balaban J connectivity index is 1.21. The molecule has 3 atom stereocenters. The van der Waals surface area contributed by atoms with Gasteiger partial charge in [0.2, 0.25) is 0 Å². The van der Waals surface area contributed by atoms with Gasteiger partial charge in [-0.15, -0.1) is 0 Å². The number of hydrogen-bond donors (Lipinski definition) is 2. The van der Waals surface area contributed by atoms with Gasteiger partial charge in [0.25, 0.3) is 0 Å². The number of aliphatic carboxylic acids is 1. The lowest BCUT2D eigenvalue weighted by Crippen LogP contribution is -2.48. The lowest BCUT2D eigenvalue weighted by molar-refractivity contribution is -0.145. The van der Waals surface area contributed by atoms with Gasteiger partial charge in [0.1, 0.15) is 11.9 Å². The van der Waals surface area contributed by atoms with Gasteiger partial charge < -0.3 is 20.2 Å². The van der Waals surface area contributed by atoms with E-state index in [0.29, 0.717) is 12.6 Å². The summed E-state index contributed by atoms with van der Waals surface area (Å²) in [6, 6.07) is 17.4. The fraction of sp³-hybridized carbons (Fsp3) is 0.571. The molecule has 0 amide bonds. The van der Waals surface area contributed by atoms with Crippen molar-refractivity contribution in [3.05, 3.63) is 83.9 Å². The van der Waals surface area contributed by atoms with Crippen molar-refractivity contribution in [1.82, 2.24) is 20.0 Å². The van der Waals surface area contributed by atoms with Crippen LogP contribution in [0, 0.1) is 17.7 Å². The van der Waals surface area contributed by atoms with E-state index in [2.05, 4.69) is 57.8 Å². The Labute approximate surface area is 251 Å². The summed E-state index contributed by atoms with van der Waals surface area (Å²) >= 11 is 0. The molecule has 3 aliphatic rings. The number of nitrogens with zero attached hydrogens (tertiary/aromatic N) is 3. The summed E-state index contributed by atoms with van der Waals surface area (Å²) in [5.74, 6) is 0.703. The lowest BCUT2D eigenvalue weighted by atomic mass is 9.83. The van der Waals surface area contributed by atoms with Gasteiger partial charge >= 0.3 is 5.97 Å². The van der Waals surface area contributed by atoms with Crippen molar-refractivity contribution in [2.45, 2.75) is 76.4 Å². The molecule has 0 radical (unpaired) electrons.